The van der Waals surface area contributed by atoms with E-state index in [1.807, 2.05) is 79.7 Å². The van der Waals surface area contributed by atoms with Gasteiger partial charge in [0.2, 0.25) is 0 Å². The average Bonchev–Trinajstić information content (AvgIpc) is 2.66. The van der Waals surface area contributed by atoms with E-state index in [9.17, 15) is 4.79 Å². The topological polar surface area (TPSA) is 54.0 Å². The van der Waals surface area contributed by atoms with Gasteiger partial charge in [0.15, 0.2) is 0 Å². The first-order valence-electron chi connectivity index (χ1n) is 10.5. The number of aryl methyl sites for hydroxylation is 4. The Morgan fingerprint density at radius 3 is 1.43 bits per heavy atom. The molecule has 2 unspecified atom stereocenters. The van der Waals surface area contributed by atoms with Crippen LogP contribution in [-0.4, -0.2) is 19.4 Å². The molecule has 0 aliphatic carbocycles. The first-order chi connectivity index (χ1) is 14.2. The van der Waals surface area contributed by atoms with E-state index in [0.717, 1.165) is 33.4 Å². The van der Waals surface area contributed by atoms with E-state index in [-0.39, 0.29) is 12.2 Å². The lowest BCUT2D eigenvalue weighted by Gasteiger charge is -2.21. The quantitative estimate of drug-likeness (QED) is 0.356. The highest BCUT2D eigenvalue weighted by Gasteiger charge is 2.22. The first kappa shape index (κ1) is 23.9. The molecule has 0 spiro atoms. The standard InChI is InChI=1S/C25H34O5/c1-9-27-19(7)21-13-15(3)11-17(5)23(21)29-25(26)30-24-18(6)12-16(4)14-22(24)20(8)28-10-2/h11-14,19-20H,9-10H2,1-8H3. The summed E-state index contributed by atoms with van der Waals surface area (Å²) in [4.78, 5) is 12.8. The summed E-state index contributed by atoms with van der Waals surface area (Å²) in [5.41, 5.74) is 5.53. The Morgan fingerprint density at radius 2 is 1.10 bits per heavy atom. The summed E-state index contributed by atoms with van der Waals surface area (Å²) in [6.07, 6.45) is -1.18. The molecule has 0 heterocycles. The predicted octanol–water partition coefficient (Wildman–Crippen LogP) is 6.69. The fourth-order valence-corrected chi connectivity index (χ4v) is 3.72. The Kier molecular flexibility index (Phi) is 8.44. The summed E-state index contributed by atoms with van der Waals surface area (Å²) in [6.45, 7) is 16.8. The zero-order valence-electron chi connectivity index (χ0n) is 19.4. The Hall–Kier alpha value is -2.37. The van der Waals surface area contributed by atoms with E-state index in [2.05, 4.69) is 0 Å². The van der Waals surface area contributed by atoms with Crippen LogP contribution in [0.15, 0.2) is 24.3 Å². The van der Waals surface area contributed by atoms with Crippen molar-refractivity contribution in [2.24, 2.45) is 0 Å². The van der Waals surface area contributed by atoms with E-state index in [1.165, 1.54) is 0 Å². The molecule has 0 saturated heterocycles. The smallest absolute Gasteiger partial charge is 0.394 e. The summed E-state index contributed by atoms with van der Waals surface area (Å²) in [6, 6.07) is 7.92. The molecule has 2 atom stereocenters. The minimum atomic E-state index is -0.774. The van der Waals surface area contributed by atoms with E-state index in [1.54, 1.807) is 0 Å². The van der Waals surface area contributed by atoms with E-state index in [0.29, 0.717) is 24.7 Å². The molecule has 0 bridgehead atoms. The molecule has 0 fully saturated rings. The summed E-state index contributed by atoms with van der Waals surface area (Å²) < 4.78 is 22.9. The normalized spacial score (nSPS) is 13.1. The maximum Gasteiger partial charge on any atom is 0.519 e. The number of hydrogen-bond acceptors (Lipinski definition) is 5. The van der Waals surface area contributed by atoms with Crippen LogP contribution in [0.1, 0.15) is 73.3 Å². The lowest BCUT2D eigenvalue weighted by Crippen LogP contribution is -2.18. The van der Waals surface area contributed by atoms with Crippen molar-refractivity contribution < 1.29 is 23.7 Å². The SMILES string of the molecule is CCOC(C)c1cc(C)cc(C)c1OC(=O)Oc1c(C)cc(C)cc1C(C)OCC. The predicted molar refractivity (Wildman–Crippen MR) is 119 cm³/mol. The van der Waals surface area contributed by atoms with Gasteiger partial charge in [0, 0.05) is 24.3 Å². The number of rotatable bonds is 8. The van der Waals surface area contributed by atoms with Gasteiger partial charge < -0.3 is 18.9 Å². The highest BCUT2D eigenvalue weighted by atomic mass is 16.7. The number of carbonyl (C=O) groups excluding carboxylic acids is 1. The van der Waals surface area contributed by atoms with Crippen LogP contribution in [-0.2, 0) is 9.47 Å². The van der Waals surface area contributed by atoms with Gasteiger partial charge in [-0.25, -0.2) is 4.79 Å². The van der Waals surface area contributed by atoms with E-state index in [4.69, 9.17) is 18.9 Å². The monoisotopic (exact) mass is 414 g/mol. The third kappa shape index (κ3) is 5.83. The van der Waals surface area contributed by atoms with Crippen LogP contribution in [0.25, 0.3) is 0 Å². The van der Waals surface area contributed by atoms with Gasteiger partial charge >= 0.3 is 6.16 Å². The number of hydrogen-bond donors (Lipinski definition) is 0. The molecule has 5 nitrogen and oxygen atoms in total. The van der Waals surface area contributed by atoms with Gasteiger partial charge in [0.25, 0.3) is 0 Å². The van der Waals surface area contributed by atoms with Crippen molar-refractivity contribution in [3.05, 3.63) is 57.6 Å². The molecule has 0 aliphatic heterocycles. The molecule has 30 heavy (non-hydrogen) atoms. The van der Waals surface area contributed by atoms with Gasteiger partial charge in [-0.1, -0.05) is 23.3 Å². The summed E-state index contributed by atoms with van der Waals surface area (Å²) in [5.74, 6) is 0.964. The van der Waals surface area contributed by atoms with Crippen molar-refractivity contribution in [2.75, 3.05) is 13.2 Å². The Labute approximate surface area is 180 Å². The summed E-state index contributed by atoms with van der Waals surface area (Å²) >= 11 is 0. The van der Waals surface area contributed by atoms with Crippen molar-refractivity contribution in [3.8, 4) is 11.5 Å². The van der Waals surface area contributed by atoms with Crippen molar-refractivity contribution in [1.29, 1.82) is 0 Å². The average molecular weight is 415 g/mol. The Morgan fingerprint density at radius 1 is 0.733 bits per heavy atom. The lowest BCUT2D eigenvalue weighted by atomic mass is 10.0. The van der Waals surface area contributed by atoms with Gasteiger partial charge in [-0.3, -0.25) is 0 Å². The molecule has 0 aliphatic rings. The van der Waals surface area contributed by atoms with Gasteiger partial charge in [-0.05, 0) is 78.6 Å². The second-order valence-electron chi connectivity index (χ2n) is 7.65. The number of ether oxygens (including phenoxy) is 4. The zero-order chi connectivity index (χ0) is 22.4. The summed E-state index contributed by atoms with van der Waals surface area (Å²) in [7, 11) is 0. The molecular weight excluding hydrogens is 380 g/mol. The molecular formula is C25H34O5. The maximum absolute atomic E-state index is 12.8. The zero-order valence-corrected chi connectivity index (χ0v) is 19.4. The lowest BCUT2D eigenvalue weighted by molar-refractivity contribution is 0.0721. The van der Waals surface area contributed by atoms with Crippen LogP contribution < -0.4 is 9.47 Å². The molecule has 0 amide bonds. The largest absolute Gasteiger partial charge is 0.519 e. The third-order valence-electron chi connectivity index (χ3n) is 4.98. The van der Waals surface area contributed by atoms with Crippen LogP contribution in [0.4, 0.5) is 4.79 Å². The van der Waals surface area contributed by atoms with Crippen molar-refractivity contribution in [2.45, 2.75) is 67.6 Å². The minimum Gasteiger partial charge on any atom is -0.394 e. The van der Waals surface area contributed by atoms with Crippen molar-refractivity contribution in [3.63, 3.8) is 0 Å². The van der Waals surface area contributed by atoms with Gasteiger partial charge in [-0.15, -0.1) is 0 Å². The van der Waals surface area contributed by atoms with Crippen molar-refractivity contribution in [1.82, 2.24) is 0 Å². The molecule has 0 N–H and O–H groups in total. The Balaban J connectivity index is 2.35. The first-order valence-corrected chi connectivity index (χ1v) is 10.5. The van der Waals surface area contributed by atoms with Gasteiger partial charge in [0.1, 0.15) is 11.5 Å². The van der Waals surface area contributed by atoms with Crippen LogP contribution in [0.2, 0.25) is 0 Å². The maximum atomic E-state index is 12.8. The molecule has 2 rings (SSSR count). The molecule has 2 aromatic carbocycles. The number of carbonyl (C=O) groups is 1. The highest BCUT2D eigenvalue weighted by molar-refractivity contribution is 5.70. The van der Waals surface area contributed by atoms with Crippen LogP contribution >= 0.6 is 0 Å². The number of benzene rings is 2. The van der Waals surface area contributed by atoms with Crippen LogP contribution in [0, 0.1) is 27.7 Å². The minimum absolute atomic E-state index is 0.203. The third-order valence-corrected chi connectivity index (χ3v) is 4.98. The van der Waals surface area contributed by atoms with Crippen molar-refractivity contribution >= 4 is 6.16 Å². The molecule has 0 saturated carbocycles. The van der Waals surface area contributed by atoms with Gasteiger partial charge in [-0.2, -0.15) is 0 Å². The van der Waals surface area contributed by atoms with Gasteiger partial charge in [0.05, 0.1) is 12.2 Å². The highest BCUT2D eigenvalue weighted by Crippen LogP contribution is 2.35. The Bertz CT molecular complexity index is 816. The fourth-order valence-electron chi connectivity index (χ4n) is 3.72. The second kappa shape index (κ2) is 10.6. The molecule has 0 radical (unpaired) electrons. The molecule has 2 aromatic rings. The van der Waals surface area contributed by atoms with Crippen LogP contribution in [0.3, 0.4) is 0 Å². The second-order valence-corrected chi connectivity index (χ2v) is 7.65. The fraction of sp³-hybridized carbons (Fsp3) is 0.480. The van der Waals surface area contributed by atoms with E-state index >= 15 is 0 Å². The van der Waals surface area contributed by atoms with Crippen LogP contribution in [0.5, 0.6) is 11.5 Å². The summed E-state index contributed by atoms with van der Waals surface area (Å²) in [5, 5.41) is 0. The molecule has 164 valence electrons. The van der Waals surface area contributed by atoms with E-state index < -0.39 is 6.16 Å². The molecule has 0 aromatic heterocycles. The molecule has 5 heteroatoms.